The Balaban J connectivity index is 1.33. The van der Waals surface area contributed by atoms with Gasteiger partial charge in [0.15, 0.2) is 0 Å². The van der Waals surface area contributed by atoms with Crippen molar-refractivity contribution in [1.82, 2.24) is 9.80 Å². The first-order valence-electron chi connectivity index (χ1n) is 13.1. The van der Waals surface area contributed by atoms with E-state index in [1.54, 1.807) is 7.11 Å². The summed E-state index contributed by atoms with van der Waals surface area (Å²) in [5.41, 5.74) is 3.05. The maximum Gasteiger partial charge on any atom is 0.225 e. The molecule has 5 rings (SSSR count). The van der Waals surface area contributed by atoms with Crippen LogP contribution in [0.2, 0.25) is 0 Å². The Hall–Kier alpha value is -2.81. The molecule has 2 saturated heterocycles. The lowest BCUT2D eigenvalue weighted by Crippen LogP contribution is -2.68. The van der Waals surface area contributed by atoms with Crippen molar-refractivity contribution >= 4 is 5.91 Å². The summed E-state index contributed by atoms with van der Waals surface area (Å²) < 4.78 is 5.40. The topological polar surface area (TPSA) is 53.0 Å². The second-order valence-corrected chi connectivity index (χ2v) is 10.1. The average molecular weight is 473 g/mol. The van der Waals surface area contributed by atoms with E-state index in [1.165, 1.54) is 18.4 Å². The third-order valence-corrected chi connectivity index (χ3v) is 8.13. The normalized spacial score (nSPS) is 25.0. The van der Waals surface area contributed by atoms with Crippen LogP contribution in [0.4, 0.5) is 0 Å². The van der Waals surface area contributed by atoms with Crippen LogP contribution in [0, 0.1) is 17.8 Å². The zero-order chi connectivity index (χ0) is 24.2. The number of benzene rings is 2. The molecule has 2 heterocycles. The monoisotopic (exact) mass is 472 g/mol. The van der Waals surface area contributed by atoms with Crippen molar-refractivity contribution in [3.05, 3.63) is 65.2 Å². The summed E-state index contributed by atoms with van der Waals surface area (Å²) in [5.74, 6) is 8.05. The van der Waals surface area contributed by atoms with E-state index in [-0.39, 0.29) is 30.5 Å². The number of fused-ring (bicyclic) bond motifs is 1. The van der Waals surface area contributed by atoms with E-state index in [9.17, 15) is 9.90 Å². The molecule has 2 aromatic rings. The van der Waals surface area contributed by atoms with Crippen LogP contribution in [0.15, 0.2) is 48.5 Å². The van der Waals surface area contributed by atoms with E-state index >= 15 is 0 Å². The molecule has 3 aliphatic rings. The van der Waals surface area contributed by atoms with Crippen LogP contribution in [-0.2, 0) is 4.79 Å². The first kappa shape index (κ1) is 23.9. The van der Waals surface area contributed by atoms with Crippen molar-refractivity contribution < 1.29 is 14.6 Å². The molecular weight excluding hydrogens is 436 g/mol. The Morgan fingerprint density at radius 3 is 2.49 bits per heavy atom. The minimum atomic E-state index is 0.118. The molecule has 1 amide bonds. The highest BCUT2D eigenvalue weighted by atomic mass is 16.5. The van der Waals surface area contributed by atoms with E-state index < -0.39 is 0 Å². The fraction of sp³-hybridized carbons (Fsp3) is 0.500. The summed E-state index contributed by atoms with van der Waals surface area (Å²) >= 11 is 0. The van der Waals surface area contributed by atoms with Crippen LogP contribution in [0.25, 0.3) is 0 Å². The number of carbonyl (C=O) groups excluding carboxylic acids is 1. The molecular formula is C30H36N2O3. The lowest BCUT2D eigenvalue weighted by molar-refractivity contribution is -0.140. The quantitative estimate of drug-likeness (QED) is 0.683. The number of hydrogen-bond acceptors (Lipinski definition) is 4. The van der Waals surface area contributed by atoms with Crippen molar-refractivity contribution in [1.29, 1.82) is 0 Å². The Morgan fingerprint density at radius 2 is 1.74 bits per heavy atom. The zero-order valence-electron chi connectivity index (χ0n) is 20.7. The predicted molar refractivity (Wildman–Crippen MR) is 137 cm³/mol. The van der Waals surface area contributed by atoms with Crippen molar-refractivity contribution in [2.45, 2.75) is 56.5 Å². The molecule has 3 atom stereocenters. The summed E-state index contributed by atoms with van der Waals surface area (Å²) in [5, 5.41) is 10.2. The van der Waals surface area contributed by atoms with E-state index in [0.29, 0.717) is 5.91 Å². The Bertz CT molecular complexity index is 1080. The Kier molecular flexibility index (Phi) is 7.41. The summed E-state index contributed by atoms with van der Waals surface area (Å²) in [6, 6.07) is 16.6. The molecule has 3 fully saturated rings. The molecule has 0 bridgehead atoms. The molecule has 1 aliphatic carbocycles. The van der Waals surface area contributed by atoms with E-state index in [2.05, 4.69) is 45.9 Å². The molecule has 0 aromatic heterocycles. The maximum absolute atomic E-state index is 13.2. The van der Waals surface area contributed by atoms with E-state index in [1.807, 2.05) is 24.3 Å². The lowest BCUT2D eigenvalue weighted by Gasteiger charge is -2.57. The van der Waals surface area contributed by atoms with Gasteiger partial charge >= 0.3 is 0 Å². The molecule has 2 aromatic carbocycles. The number of methoxy groups -OCH3 is 1. The summed E-state index contributed by atoms with van der Waals surface area (Å²) in [4.78, 5) is 17.8. The Labute approximate surface area is 209 Å². The van der Waals surface area contributed by atoms with Gasteiger partial charge in [-0.05, 0) is 62.1 Å². The lowest BCUT2D eigenvalue weighted by atomic mass is 9.74. The second-order valence-electron chi connectivity index (χ2n) is 10.1. The molecule has 0 spiro atoms. The molecule has 184 valence electrons. The third kappa shape index (κ3) is 4.96. The maximum atomic E-state index is 13.2. The van der Waals surface area contributed by atoms with Crippen LogP contribution in [0.1, 0.15) is 61.1 Å². The fourth-order valence-electron chi connectivity index (χ4n) is 6.25. The number of nitrogens with zero attached hydrogens (tertiary/aromatic N) is 2. The molecule has 2 aliphatic heterocycles. The molecule has 0 radical (unpaired) electrons. The van der Waals surface area contributed by atoms with Gasteiger partial charge in [0, 0.05) is 42.6 Å². The van der Waals surface area contributed by atoms with E-state index in [4.69, 9.17) is 4.74 Å². The van der Waals surface area contributed by atoms with Gasteiger partial charge in [-0.25, -0.2) is 0 Å². The zero-order valence-corrected chi connectivity index (χ0v) is 20.7. The second kappa shape index (κ2) is 10.8. The van der Waals surface area contributed by atoms with Gasteiger partial charge in [-0.3, -0.25) is 9.69 Å². The third-order valence-electron chi connectivity index (χ3n) is 8.13. The molecule has 35 heavy (non-hydrogen) atoms. The fourth-order valence-corrected chi connectivity index (χ4v) is 6.25. The van der Waals surface area contributed by atoms with Crippen molar-refractivity contribution in [3.63, 3.8) is 0 Å². The molecule has 1 N–H and O–H groups in total. The van der Waals surface area contributed by atoms with Crippen LogP contribution >= 0.6 is 0 Å². The molecule has 0 unspecified atom stereocenters. The highest BCUT2D eigenvalue weighted by Gasteiger charge is 2.49. The van der Waals surface area contributed by atoms with Gasteiger partial charge in [0.2, 0.25) is 5.91 Å². The van der Waals surface area contributed by atoms with Gasteiger partial charge in [-0.15, -0.1) is 0 Å². The average Bonchev–Trinajstić information content (AvgIpc) is 3.42. The first-order valence-corrected chi connectivity index (χ1v) is 13.1. The van der Waals surface area contributed by atoms with Crippen molar-refractivity contribution in [2.24, 2.45) is 5.92 Å². The number of aliphatic hydroxyl groups excluding tert-OH is 1. The SMILES string of the molecule is COc1ccccc1C#Cc1ccc([C@@H]2[C@H]3CN(C(=O)C4CCCC4)CCCCN3[C@H]2CO)cc1. The highest BCUT2D eigenvalue weighted by molar-refractivity contribution is 5.79. The van der Waals surface area contributed by atoms with E-state index in [0.717, 1.165) is 62.2 Å². The summed E-state index contributed by atoms with van der Waals surface area (Å²) in [6.07, 6.45) is 6.58. The number of rotatable bonds is 4. The molecule has 5 heteroatoms. The predicted octanol–water partition coefficient (Wildman–Crippen LogP) is 4.04. The standard InChI is InChI=1S/C30H36N2O3/c1-35-28-11-5-4-8-23(28)15-12-22-13-16-24(17-14-22)29-26-20-31(30(34)25-9-2-3-10-25)18-6-7-19-32(26)27(29)21-33/h4-5,8,11,13-14,16-17,25-27,29,33H,2-3,6-7,9-10,18-21H2,1H3/t26-,27+,29-/m1/s1. The number of hydrogen-bond donors (Lipinski definition) is 1. The summed E-state index contributed by atoms with van der Waals surface area (Å²) in [7, 11) is 1.66. The van der Waals surface area contributed by atoms with Gasteiger partial charge in [0.25, 0.3) is 0 Å². The van der Waals surface area contributed by atoms with Gasteiger partial charge in [0.1, 0.15) is 5.75 Å². The smallest absolute Gasteiger partial charge is 0.225 e. The van der Waals surface area contributed by atoms with Crippen LogP contribution in [0.3, 0.4) is 0 Å². The highest BCUT2D eigenvalue weighted by Crippen LogP contribution is 2.42. The van der Waals surface area contributed by atoms with Crippen LogP contribution in [-0.4, -0.2) is 66.2 Å². The molecule has 5 nitrogen and oxygen atoms in total. The molecule has 1 saturated carbocycles. The van der Waals surface area contributed by atoms with Crippen LogP contribution < -0.4 is 4.74 Å². The minimum Gasteiger partial charge on any atom is -0.495 e. The Morgan fingerprint density at radius 1 is 1.00 bits per heavy atom. The first-order chi connectivity index (χ1) is 17.2. The van der Waals surface area contributed by atoms with Crippen molar-refractivity contribution in [3.8, 4) is 17.6 Å². The van der Waals surface area contributed by atoms with Gasteiger partial charge in [-0.1, -0.05) is 48.9 Å². The van der Waals surface area contributed by atoms with Crippen molar-refractivity contribution in [2.75, 3.05) is 33.4 Å². The largest absolute Gasteiger partial charge is 0.495 e. The number of para-hydroxylation sites is 1. The van der Waals surface area contributed by atoms with Crippen LogP contribution in [0.5, 0.6) is 5.75 Å². The number of amides is 1. The van der Waals surface area contributed by atoms with Gasteiger partial charge in [0.05, 0.1) is 19.3 Å². The number of ether oxygens (including phenoxy) is 1. The summed E-state index contributed by atoms with van der Waals surface area (Å²) in [6.45, 7) is 2.78. The number of aliphatic hydroxyl groups is 1. The minimum absolute atomic E-state index is 0.118. The van der Waals surface area contributed by atoms with Gasteiger partial charge < -0.3 is 14.7 Å². The van der Waals surface area contributed by atoms with Gasteiger partial charge in [-0.2, -0.15) is 0 Å². The number of carbonyl (C=O) groups is 1.